The molecule has 0 heterocycles. The van der Waals surface area contributed by atoms with E-state index in [0.717, 1.165) is 0 Å². The van der Waals surface area contributed by atoms with Crippen molar-refractivity contribution in [3.63, 3.8) is 0 Å². The molecule has 138 valence electrons. The van der Waals surface area contributed by atoms with Crippen LogP contribution in [0, 0.1) is 0 Å². The number of nitrogens with two attached hydrogens (primary N) is 1. The minimum atomic E-state index is -1.59. The molecule has 0 aromatic carbocycles. The monoisotopic (exact) mass is 350 g/mol. The smallest absolute Gasteiger partial charge is 0.328 e. The van der Waals surface area contributed by atoms with Gasteiger partial charge in [-0.1, -0.05) is 0 Å². The maximum Gasteiger partial charge on any atom is 0.328 e. The molecule has 0 aliphatic carbocycles. The summed E-state index contributed by atoms with van der Waals surface area (Å²) in [5, 5.41) is 41.6. The molecule has 12 nitrogen and oxygen atoms in total. The van der Waals surface area contributed by atoms with Gasteiger partial charge in [0.2, 0.25) is 17.7 Å². The summed E-state index contributed by atoms with van der Waals surface area (Å²) < 4.78 is 0. The van der Waals surface area contributed by atoms with E-state index < -0.39 is 67.7 Å². The van der Waals surface area contributed by atoms with Gasteiger partial charge in [-0.25, -0.2) is 4.79 Å². The third-order valence-electron chi connectivity index (χ3n) is 2.90. The Balaban J connectivity index is 4.69. The SMILES string of the molecule is CC(NC(=O)C(N)CO)C(=O)NC(CO)C(=O)NC(CO)C(=O)O. The number of aliphatic carboxylic acids is 1. The van der Waals surface area contributed by atoms with Crippen molar-refractivity contribution in [3.8, 4) is 0 Å². The number of aliphatic hydroxyl groups excluding tert-OH is 3. The number of carbonyl (C=O) groups is 4. The number of carboxylic acid groups (broad SMARTS) is 1. The molecule has 3 amide bonds. The number of hydrogen-bond acceptors (Lipinski definition) is 8. The van der Waals surface area contributed by atoms with Crippen molar-refractivity contribution in [2.45, 2.75) is 31.1 Å². The van der Waals surface area contributed by atoms with Gasteiger partial charge >= 0.3 is 5.97 Å². The molecule has 4 atom stereocenters. The van der Waals surface area contributed by atoms with Crippen molar-refractivity contribution in [2.75, 3.05) is 19.8 Å². The average molecular weight is 350 g/mol. The minimum Gasteiger partial charge on any atom is -0.480 e. The molecule has 0 aliphatic heterocycles. The summed E-state index contributed by atoms with van der Waals surface area (Å²) in [6.45, 7) is -1.07. The van der Waals surface area contributed by atoms with Crippen LogP contribution in [0.4, 0.5) is 0 Å². The highest BCUT2D eigenvalue weighted by molar-refractivity contribution is 5.93. The van der Waals surface area contributed by atoms with Crippen LogP contribution in [-0.4, -0.2) is 88.1 Å². The molecule has 0 saturated heterocycles. The predicted molar refractivity (Wildman–Crippen MR) is 78.3 cm³/mol. The van der Waals surface area contributed by atoms with E-state index in [-0.39, 0.29) is 0 Å². The van der Waals surface area contributed by atoms with Crippen LogP contribution in [0.3, 0.4) is 0 Å². The second kappa shape index (κ2) is 10.5. The second-order valence-electron chi connectivity index (χ2n) is 4.85. The van der Waals surface area contributed by atoms with Gasteiger partial charge in [-0.3, -0.25) is 14.4 Å². The van der Waals surface area contributed by atoms with Crippen molar-refractivity contribution >= 4 is 23.7 Å². The Morgan fingerprint density at radius 2 is 1.33 bits per heavy atom. The predicted octanol–water partition coefficient (Wildman–Crippen LogP) is -5.15. The van der Waals surface area contributed by atoms with Gasteiger partial charge in [-0.2, -0.15) is 0 Å². The van der Waals surface area contributed by atoms with Gasteiger partial charge in [0.25, 0.3) is 0 Å². The first-order valence-electron chi connectivity index (χ1n) is 6.89. The first kappa shape index (κ1) is 21.7. The van der Waals surface area contributed by atoms with Crippen molar-refractivity contribution in [1.29, 1.82) is 0 Å². The quantitative estimate of drug-likeness (QED) is 0.189. The molecule has 0 radical (unpaired) electrons. The molecule has 4 unspecified atom stereocenters. The highest BCUT2D eigenvalue weighted by Gasteiger charge is 2.27. The molecule has 0 spiro atoms. The molecular weight excluding hydrogens is 328 g/mol. The Hall–Kier alpha value is -2.28. The Bertz CT molecular complexity index is 472. The summed E-state index contributed by atoms with van der Waals surface area (Å²) in [4.78, 5) is 45.8. The van der Waals surface area contributed by atoms with Crippen LogP contribution in [-0.2, 0) is 19.2 Å². The number of nitrogens with one attached hydrogen (secondary N) is 3. The molecule has 0 bridgehead atoms. The first-order valence-corrected chi connectivity index (χ1v) is 6.89. The number of carbonyl (C=O) groups excluding carboxylic acids is 3. The molecule has 12 heteroatoms. The van der Waals surface area contributed by atoms with Crippen LogP contribution >= 0.6 is 0 Å². The third-order valence-corrected chi connectivity index (χ3v) is 2.90. The molecule has 24 heavy (non-hydrogen) atoms. The lowest BCUT2D eigenvalue weighted by molar-refractivity contribution is -0.143. The van der Waals surface area contributed by atoms with Gasteiger partial charge in [0.15, 0.2) is 0 Å². The Labute approximate surface area is 137 Å². The molecule has 0 aliphatic rings. The Morgan fingerprint density at radius 1 is 0.833 bits per heavy atom. The zero-order chi connectivity index (χ0) is 18.9. The maximum atomic E-state index is 11.9. The van der Waals surface area contributed by atoms with E-state index >= 15 is 0 Å². The van der Waals surface area contributed by atoms with E-state index in [1.165, 1.54) is 6.92 Å². The Kier molecular flexibility index (Phi) is 9.49. The molecular formula is C12H22N4O8. The van der Waals surface area contributed by atoms with Gasteiger partial charge < -0.3 is 42.1 Å². The molecule has 0 saturated carbocycles. The third kappa shape index (κ3) is 6.87. The fourth-order valence-corrected chi connectivity index (χ4v) is 1.42. The van der Waals surface area contributed by atoms with Gasteiger partial charge in [0.05, 0.1) is 19.8 Å². The van der Waals surface area contributed by atoms with Gasteiger partial charge in [0, 0.05) is 0 Å². The van der Waals surface area contributed by atoms with E-state index in [4.69, 9.17) is 26.2 Å². The largest absolute Gasteiger partial charge is 0.480 e. The van der Waals surface area contributed by atoms with E-state index in [1.807, 2.05) is 5.32 Å². The summed E-state index contributed by atoms with van der Waals surface area (Å²) >= 11 is 0. The van der Waals surface area contributed by atoms with Crippen molar-refractivity contribution < 1.29 is 39.6 Å². The van der Waals surface area contributed by atoms with Gasteiger partial charge in [-0.05, 0) is 6.92 Å². The summed E-state index contributed by atoms with van der Waals surface area (Å²) in [6.07, 6.45) is 0. The van der Waals surface area contributed by atoms with E-state index in [1.54, 1.807) is 0 Å². The molecule has 0 aromatic rings. The summed E-state index contributed by atoms with van der Waals surface area (Å²) in [7, 11) is 0. The van der Waals surface area contributed by atoms with Crippen LogP contribution in [0.1, 0.15) is 6.92 Å². The van der Waals surface area contributed by atoms with Crippen LogP contribution in [0.2, 0.25) is 0 Å². The summed E-state index contributed by atoms with van der Waals surface area (Å²) in [5.41, 5.74) is 5.26. The van der Waals surface area contributed by atoms with Crippen LogP contribution in [0.25, 0.3) is 0 Å². The lowest BCUT2D eigenvalue weighted by Crippen LogP contribution is -2.58. The second-order valence-corrected chi connectivity index (χ2v) is 4.85. The molecule has 0 rings (SSSR count). The highest BCUT2D eigenvalue weighted by atomic mass is 16.4. The number of amides is 3. The lowest BCUT2D eigenvalue weighted by atomic mass is 10.2. The van der Waals surface area contributed by atoms with Gasteiger partial charge in [0.1, 0.15) is 24.2 Å². The molecule has 0 fully saturated rings. The van der Waals surface area contributed by atoms with Crippen LogP contribution < -0.4 is 21.7 Å². The lowest BCUT2D eigenvalue weighted by Gasteiger charge is -2.21. The number of hydrogen-bond donors (Lipinski definition) is 8. The molecule has 0 aromatic heterocycles. The van der Waals surface area contributed by atoms with Crippen LogP contribution in [0.15, 0.2) is 0 Å². The van der Waals surface area contributed by atoms with Crippen molar-refractivity contribution in [1.82, 2.24) is 16.0 Å². The zero-order valence-corrected chi connectivity index (χ0v) is 12.9. The van der Waals surface area contributed by atoms with Crippen LogP contribution in [0.5, 0.6) is 0 Å². The maximum absolute atomic E-state index is 11.9. The summed E-state index contributed by atoms with van der Waals surface area (Å²) in [5.74, 6) is -4.17. The topological polar surface area (TPSA) is 211 Å². The standard InChI is InChI=1S/C12H22N4O8/c1-5(14-10(21)6(13)2-17)9(20)15-7(3-18)11(22)16-8(4-19)12(23)24/h5-8,17-19H,2-4,13H2,1H3,(H,14,21)(H,15,20)(H,16,22)(H,23,24). The van der Waals surface area contributed by atoms with Gasteiger partial charge in [-0.15, -0.1) is 0 Å². The average Bonchev–Trinajstić information content (AvgIpc) is 2.55. The fraction of sp³-hybridized carbons (Fsp3) is 0.667. The number of carboxylic acids is 1. The fourth-order valence-electron chi connectivity index (χ4n) is 1.42. The van der Waals surface area contributed by atoms with E-state index in [9.17, 15) is 19.2 Å². The Morgan fingerprint density at radius 3 is 1.75 bits per heavy atom. The minimum absolute atomic E-state index is 0.625. The highest BCUT2D eigenvalue weighted by Crippen LogP contribution is 1.92. The zero-order valence-electron chi connectivity index (χ0n) is 12.9. The first-order chi connectivity index (χ1) is 11.2. The summed E-state index contributed by atoms with van der Waals surface area (Å²) in [6, 6.07) is -5.44. The molecule has 9 N–H and O–H groups in total. The number of aliphatic hydroxyl groups is 3. The van der Waals surface area contributed by atoms with E-state index in [0.29, 0.717) is 0 Å². The normalized spacial score (nSPS) is 15.5. The van der Waals surface area contributed by atoms with E-state index in [2.05, 4.69) is 10.6 Å². The van der Waals surface area contributed by atoms with Crippen molar-refractivity contribution in [3.05, 3.63) is 0 Å². The number of rotatable bonds is 10. The van der Waals surface area contributed by atoms with Crippen molar-refractivity contribution in [2.24, 2.45) is 5.73 Å².